The number of nitrogens with one attached hydrogen (secondary N) is 2. The molecule has 29 heavy (non-hydrogen) atoms. The Balaban J connectivity index is 1.57. The van der Waals surface area contributed by atoms with Crippen molar-refractivity contribution >= 4 is 28.4 Å². The Labute approximate surface area is 167 Å². The van der Waals surface area contributed by atoms with Gasteiger partial charge in [-0.15, -0.1) is 0 Å². The molecular formula is C21H21N4O4-. The number of anilines is 1. The van der Waals surface area contributed by atoms with Crippen LogP contribution >= 0.6 is 0 Å². The number of nitrogens with zero attached hydrogens (tertiary/aromatic N) is 2. The Morgan fingerprint density at radius 3 is 2.59 bits per heavy atom. The number of amides is 2. The van der Waals surface area contributed by atoms with Crippen LogP contribution in [-0.2, 0) is 22.4 Å². The minimum atomic E-state index is -0.708. The van der Waals surface area contributed by atoms with Crippen molar-refractivity contribution in [2.45, 2.75) is 24.9 Å². The number of piperazine rings is 1. The third-order valence-corrected chi connectivity index (χ3v) is 5.40. The molecule has 2 atom stereocenters. The molecule has 1 fully saturated rings. The molecule has 1 saturated heterocycles. The molecule has 2 heterocycles. The predicted octanol–water partition coefficient (Wildman–Crippen LogP) is 1.97. The van der Waals surface area contributed by atoms with E-state index in [1.54, 1.807) is 25.4 Å². The first-order chi connectivity index (χ1) is 14.0. The number of hydrogen-bond acceptors (Lipinski definition) is 5. The Morgan fingerprint density at radius 1 is 1.10 bits per heavy atom. The largest absolute Gasteiger partial charge is 0.733 e. The normalized spacial score (nSPS) is 19.5. The van der Waals surface area contributed by atoms with E-state index in [4.69, 9.17) is 0 Å². The van der Waals surface area contributed by atoms with Gasteiger partial charge in [-0.1, -0.05) is 36.4 Å². The van der Waals surface area contributed by atoms with Crippen molar-refractivity contribution in [2.24, 2.45) is 0 Å². The fourth-order valence-electron chi connectivity index (χ4n) is 3.89. The molecular weight excluding hydrogens is 372 g/mol. The van der Waals surface area contributed by atoms with Crippen LogP contribution in [0.1, 0.15) is 11.1 Å². The summed E-state index contributed by atoms with van der Waals surface area (Å²) in [7, 11) is 1.62. The van der Waals surface area contributed by atoms with Gasteiger partial charge in [0.25, 0.3) is 0 Å². The summed E-state index contributed by atoms with van der Waals surface area (Å²) < 4.78 is 0. The third kappa shape index (κ3) is 3.55. The molecule has 2 amide bonds. The Kier molecular flexibility index (Phi) is 4.96. The Bertz CT molecular complexity index is 1050. The Morgan fingerprint density at radius 2 is 1.86 bits per heavy atom. The third-order valence-electron chi connectivity index (χ3n) is 5.40. The van der Waals surface area contributed by atoms with Gasteiger partial charge in [0.05, 0.1) is 5.69 Å². The Hall–Kier alpha value is -3.36. The van der Waals surface area contributed by atoms with Crippen LogP contribution in [0, 0.1) is 5.21 Å². The summed E-state index contributed by atoms with van der Waals surface area (Å²) in [5.41, 5.74) is 2.40. The van der Waals surface area contributed by atoms with Gasteiger partial charge < -0.3 is 25.6 Å². The molecule has 0 spiro atoms. The molecule has 8 heteroatoms. The highest BCUT2D eigenvalue weighted by Gasteiger charge is 2.38. The fraction of sp³-hybridized carbons (Fsp3) is 0.238. The molecule has 0 aliphatic carbocycles. The lowest BCUT2D eigenvalue weighted by atomic mass is 9.96. The number of benzene rings is 2. The maximum atomic E-state index is 12.9. The van der Waals surface area contributed by atoms with E-state index in [-0.39, 0.29) is 29.1 Å². The van der Waals surface area contributed by atoms with Crippen molar-refractivity contribution < 1.29 is 14.8 Å². The van der Waals surface area contributed by atoms with E-state index in [1.807, 2.05) is 30.3 Å². The smallest absolute Gasteiger partial charge is 0.245 e. The lowest BCUT2D eigenvalue weighted by molar-refractivity contribution is -0.147. The molecule has 3 N–H and O–H groups in total. The van der Waals surface area contributed by atoms with E-state index in [2.05, 4.69) is 10.3 Å². The van der Waals surface area contributed by atoms with Crippen LogP contribution in [0.3, 0.4) is 0 Å². The molecule has 150 valence electrons. The van der Waals surface area contributed by atoms with Crippen LogP contribution in [0.2, 0.25) is 0 Å². The van der Waals surface area contributed by atoms with Gasteiger partial charge in [-0.2, -0.15) is 0 Å². The van der Waals surface area contributed by atoms with E-state index in [0.29, 0.717) is 22.9 Å². The van der Waals surface area contributed by atoms with Crippen LogP contribution in [0.4, 0.5) is 5.69 Å². The van der Waals surface area contributed by atoms with Gasteiger partial charge in [-0.3, -0.25) is 14.8 Å². The number of aromatic nitrogens is 1. The summed E-state index contributed by atoms with van der Waals surface area (Å²) in [6, 6.07) is 13.1. The van der Waals surface area contributed by atoms with Crippen LogP contribution in [0.15, 0.2) is 54.7 Å². The van der Waals surface area contributed by atoms with Crippen molar-refractivity contribution in [1.82, 2.24) is 15.2 Å². The summed E-state index contributed by atoms with van der Waals surface area (Å²) in [4.78, 5) is 30.2. The standard InChI is InChI=1S/C21H21N4O4/c1-24-18(11-14-12-22-15-8-5-9-17(19(14)15)25(28)29)20(26)23-16(21(24)27)10-13-6-3-2-4-7-13/h2-9,12,16,18,22,28H,10-11H2,1H3,(H,23,26)/q-1. The lowest BCUT2D eigenvalue weighted by Crippen LogP contribution is -2.63. The van der Waals surface area contributed by atoms with Crippen molar-refractivity contribution in [3.63, 3.8) is 0 Å². The highest BCUT2D eigenvalue weighted by atomic mass is 16.8. The number of carbonyl (C=O) groups is 2. The molecule has 0 radical (unpaired) electrons. The lowest BCUT2D eigenvalue weighted by Gasteiger charge is -2.36. The average Bonchev–Trinajstić information content (AvgIpc) is 3.13. The first-order valence-electron chi connectivity index (χ1n) is 9.32. The van der Waals surface area contributed by atoms with E-state index >= 15 is 0 Å². The van der Waals surface area contributed by atoms with Gasteiger partial charge >= 0.3 is 0 Å². The topological polar surface area (TPSA) is 112 Å². The predicted molar refractivity (Wildman–Crippen MR) is 108 cm³/mol. The molecule has 8 nitrogen and oxygen atoms in total. The summed E-state index contributed by atoms with van der Waals surface area (Å²) >= 11 is 0. The van der Waals surface area contributed by atoms with Crippen LogP contribution in [0.25, 0.3) is 10.9 Å². The fourth-order valence-corrected chi connectivity index (χ4v) is 3.89. The highest BCUT2D eigenvalue weighted by molar-refractivity contribution is 5.99. The number of carbonyl (C=O) groups excluding carboxylic acids is 2. The molecule has 1 aliphatic heterocycles. The zero-order valence-electron chi connectivity index (χ0n) is 15.8. The number of H-pyrrole nitrogens is 1. The maximum Gasteiger partial charge on any atom is 0.245 e. The molecule has 1 aromatic heterocycles. The monoisotopic (exact) mass is 393 g/mol. The van der Waals surface area contributed by atoms with Crippen LogP contribution in [0.5, 0.6) is 0 Å². The highest BCUT2D eigenvalue weighted by Crippen LogP contribution is 2.30. The number of fused-ring (bicyclic) bond motifs is 1. The summed E-state index contributed by atoms with van der Waals surface area (Å²) in [5.74, 6) is -0.408. The summed E-state index contributed by atoms with van der Waals surface area (Å²) in [6.45, 7) is 0. The number of aromatic amines is 1. The van der Waals surface area contributed by atoms with Crippen molar-refractivity contribution in [3.05, 3.63) is 71.1 Å². The summed E-state index contributed by atoms with van der Waals surface area (Å²) in [5, 5.41) is 24.1. The van der Waals surface area contributed by atoms with Crippen LogP contribution < -0.4 is 10.5 Å². The second-order valence-corrected chi connectivity index (χ2v) is 7.21. The van der Waals surface area contributed by atoms with Crippen molar-refractivity contribution in [2.75, 3.05) is 12.3 Å². The van der Waals surface area contributed by atoms with Gasteiger partial charge in [-0.25, -0.2) is 0 Å². The molecule has 0 saturated carbocycles. The van der Waals surface area contributed by atoms with E-state index in [0.717, 1.165) is 5.56 Å². The van der Waals surface area contributed by atoms with Crippen LogP contribution in [-0.4, -0.2) is 46.0 Å². The second kappa shape index (κ2) is 7.57. The number of rotatable bonds is 5. The van der Waals surface area contributed by atoms with Crippen molar-refractivity contribution in [1.29, 1.82) is 0 Å². The molecule has 4 rings (SSSR count). The first kappa shape index (κ1) is 19.0. The van der Waals surface area contributed by atoms with Crippen molar-refractivity contribution in [3.8, 4) is 0 Å². The minimum absolute atomic E-state index is 0.0888. The van der Waals surface area contributed by atoms with Gasteiger partial charge in [0.15, 0.2) is 0 Å². The molecule has 2 unspecified atom stereocenters. The number of hydrogen-bond donors (Lipinski definition) is 3. The van der Waals surface area contributed by atoms with Gasteiger partial charge in [0, 0.05) is 37.0 Å². The van der Waals surface area contributed by atoms with E-state index < -0.39 is 12.1 Å². The second-order valence-electron chi connectivity index (χ2n) is 7.21. The quantitative estimate of drug-likeness (QED) is 0.574. The first-order valence-corrected chi connectivity index (χ1v) is 9.32. The van der Waals surface area contributed by atoms with E-state index in [1.165, 1.54) is 11.0 Å². The molecule has 1 aliphatic rings. The maximum absolute atomic E-state index is 12.9. The molecule has 2 aromatic carbocycles. The molecule has 0 bridgehead atoms. The average molecular weight is 393 g/mol. The van der Waals surface area contributed by atoms with Gasteiger partial charge in [-0.05, 0) is 23.3 Å². The van der Waals surface area contributed by atoms with Gasteiger partial charge in [0.2, 0.25) is 11.8 Å². The SMILES string of the molecule is CN1C(=O)C(Cc2ccccc2)NC(=O)C1Cc1c[nH]c2cccc(N([O-])O)c12. The minimum Gasteiger partial charge on any atom is -0.733 e. The molecule has 3 aromatic rings. The van der Waals surface area contributed by atoms with Gasteiger partial charge in [0.1, 0.15) is 12.1 Å². The zero-order valence-corrected chi connectivity index (χ0v) is 15.8. The zero-order chi connectivity index (χ0) is 20.5. The van der Waals surface area contributed by atoms with E-state index in [9.17, 15) is 20.0 Å². The number of likely N-dealkylation sites (N-methyl/N-ethyl adjacent to an activating group) is 1. The summed E-state index contributed by atoms with van der Waals surface area (Å²) in [6.07, 6.45) is 2.34.